The Morgan fingerprint density at radius 1 is 0.545 bits per heavy atom. The van der Waals surface area contributed by atoms with Crippen molar-refractivity contribution in [3.05, 3.63) is 140 Å². The molecule has 0 atom stereocenters. The van der Waals surface area contributed by atoms with Gasteiger partial charge in [0.15, 0.2) is 0 Å². The van der Waals surface area contributed by atoms with Crippen LogP contribution in [-0.4, -0.2) is 14.5 Å². The van der Waals surface area contributed by atoms with Crippen LogP contribution in [0.4, 0.5) is 0 Å². The number of thiophene rings is 1. The van der Waals surface area contributed by atoms with Crippen molar-refractivity contribution in [1.29, 1.82) is 0 Å². The zero-order valence-corrected chi connectivity index (χ0v) is 24.3. The van der Waals surface area contributed by atoms with Gasteiger partial charge in [-0.25, -0.2) is 9.97 Å². The molecule has 0 amide bonds. The summed E-state index contributed by atoms with van der Waals surface area (Å²) in [5.41, 5.74) is 4.94. The Balaban J connectivity index is 1.48. The fourth-order valence-electron chi connectivity index (χ4n) is 7.07. The predicted molar refractivity (Wildman–Crippen MR) is 187 cm³/mol. The van der Waals surface area contributed by atoms with Crippen molar-refractivity contribution in [2.24, 2.45) is 0 Å². The highest BCUT2D eigenvalue weighted by Gasteiger charge is 2.24. The van der Waals surface area contributed by atoms with Crippen molar-refractivity contribution in [2.45, 2.75) is 0 Å². The van der Waals surface area contributed by atoms with E-state index in [1.165, 1.54) is 52.5 Å². The van der Waals surface area contributed by atoms with Gasteiger partial charge in [-0.15, -0.1) is 11.3 Å². The third kappa shape index (κ3) is 3.20. The Labute approximate surface area is 257 Å². The molecular weight excluding hydrogens is 555 g/mol. The van der Waals surface area contributed by atoms with Gasteiger partial charge in [0.25, 0.3) is 0 Å². The van der Waals surface area contributed by atoms with Gasteiger partial charge in [-0.05, 0) is 39.7 Å². The van der Waals surface area contributed by atoms with E-state index in [-0.39, 0.29) is 0 Å². The van der Waals surface area contributed by atoms with E-state index in [4.69, 9.17) is 11.3 Å². The van der Waals surface area contributed by atoms with Crippen molar-refractivity contribution in [3.63, 3.8) is 0 Å². The molecule has 0 bridgehead atoms. The van der Waals surface area contributed by atoms with Crippen molar-refractivity contribution < 1.29 is 1.37 Å². The second-order valence-electron chi connectivity index (χ2n) is 11.3. The standard InChI is InChI=1S/C40H23N3S/c1-2-13-25(14-3-1)37-29-18-8-10-20-31(29)41-40(42-37)43-32-23-22-24-12-4-5-15-26(24)35(32)36-28-17-7-6-16-27(28)34-30-19-9-11-21-33(30)44-39(34)38(36)43/h1-23H/i1D. The summed E-state index contributed by atoms with van der Waals surface area (Å²) >= 11 is 1.84. The first kappa shape index (κ1) is 22.9. The molecule has 0 saturated carbocycles. The first-order chi connectivity index (χ1) is 22.2. The van der Waals surface area contributed by atoms with Gasteiger partial charge in [0.2, 0.25) is 5.95 Å². The number of aromatic nitrogens is 3. The summed E-state index contributed by atoms with van der Waals surface area (Å²) in [6.07, 6.45) is 0. The van der Waals surface area contributed by atoms with Crippen molar-refractivity contribution in [2.75, 3.05) is 0 Å². The molecule has 0 saturated heterocycles. The quantitative estimate of drug-likeness (QED) is 0.204. The molecule has 0 unspecified atom stereocenters. The van der Waals surface area contributed by atoms with Gasteiger partial charge in [0.05, 0.1) is 28.3 Å². The van der Waals surface area contributed by atoms with Crippen LogP contribution < -0.4 is 0 Å². The maximum absolute atomic E-state index is 8.07. The minimum atomic E-state index is 0.477. The van der Waals surface area contributed by atoms with E-state index in [9.17, 15) is 0 Å². The Morgan fingerprint density at radius 2 is 1.23 bits per heavy atom. The molecule has 4 heteroatoms. The largest absolute Gasteiger partial charge is 0.276 e. The van der Waals surface area contributed by atoms with E-state index in [1.807, 2.05) is 47.7 Å². The maximum Gasteiger partial charge on any atom is 0.235 e. The highest BCUT2D eigenvalue weighted by atomic mass is 32.1. The first-order valence-electron chi connectivity index (χ1n) is 15.3. The number of hydrogen-bond donors (Lipinski definition) is 0. The van der Waals surface area contributed by atoms with Crippen LogP contribution in [0.1, 0.15) is 1.37 Å². The topological polar surface area (TPSA) is 30.7 Å². The van der Waals surface area contributed by atoms with E-state index in [2.05, 4.69) is 102 Å². The van der Waals surface area contributed by atoms with Crippen LogP contribution in [0.3, 0.4) is 0 Å². The third-order valence-electron chi connectivity index (χ3n) is 8.92. The number of nitrogens with zero attached hydrogens (tertiary/aromatic N) is 3. The van der Waals surface area contributed by atoms with E-state index >= 15 is 0 Å². The number of fused-ring (bicyclic) bond motifs is 13. The second-order valence-corrected chi connectivity index (χ2v) is 12.3. The number of rotatable bonds is 2. The average molecular weight is 579 g/mol. The molecule has 0 spiro atoms. The molecule has 10 aromatic rings. The van der Waals surface area contributed by atoms with Crippen molar-refractivity contribution >= 4 is 85.8 Å². The van der Waals surface area contributed by atoms with Crippen LogP contribution in [-0.2, 0) is 0 Å². The Kier molecular flexibility index (Phi) is 4.67. The lowest BCUT2D eigenvalue weighted by molar-refractivity contribution is 1.02. The zero-order valence-electron chi connectivity index (χ0n) is 24.5. The smallest absolute Gasteiger partial charge is 0.235 e. The molecule has 0 aliphatic rings. The summed E-state index contributed by atoms with van der Waals surface area (Å²) in [6, 6.07) is 47.0. The SMILES string of the molecule is [2H]c1ccc(-c2nc(-n3c4ccc5ccccc5c4c4c5ccccc5c5c6ccccc6sc5c43)nc3ccccc23)cc1. The van der Waals surface area contributed by atoms with Crippen LogP contribution in [0.15, 0.2) is 140 Å². The number of benzene rings is 7. The fourth-order valence-corrected chi connectivity index (χ4v) is 8.33. The van der Waals surface area contributed by atoms with Crippen LogP contribution in [0.2, 0.25) is 0 Å². The molecule has 3 heterocycles. The number of para-hydroxylation sites is 1. The Bertz CT molecular complexity index is 2830. The molecular formula is C40H23N3S. The highest BCUT2D eigenvalue weighted by Crippen LogP contribution is 2.49. The van der Waals surface area contributed by atoms with E-state index in [0.717, 1.165) is 33.2 Å². The van der Waals surface area contributed by atoms with Gasteiger partial charge in [0, 0.05) is 37.2 Å². The van der Waals surface area contributed by atoms with E-state index in [0.29, 0.717) is 12.0 Å². The van der Waals surface area contributed by atoms with Crippen molar-refractivity contribution in [1.82, 2.24) is 14.5 Å². The van der Waals surface area contributed by atoms with Gasteiger partial charge < -0.3 is 0 Å². The van der Waals surface area contributed by atoms with Gasteiger partial charge in [-0.1, -0.05) is 121 Å². The molecule has 0 fully saturated rings. The molecule has 3 aromatic heterocycles. The average Bonchev–Trinajstić information content (AvgIpc) is 3.65. The number of hydrogen-bond acceptors (Lipinski definition) is 3. The summed E-state index contributed by atoms with van der Waals surface area (Å²) in [7, 11) is 0. The molecule has 0 aliphatic heterocycles. The van der Waals surface area contributed by atoms with Crippen LogP contribution in [0.5, 0.6) is 0 Å². The molecule has 10 rings (SSSR count). The molecule has 3 nitrogen and oxygen atoms in total. The highest BCUT2D eigenvalue weighted by molar-refractivity contribution is 7.27. The van der Waals surface area contributed by atoms with Crippen LogP contribution >= 0.6 is 11.3 Å². The summed E-state index contributed by atoms with van der Waals surface area (Å²) in [6.45, 7) is 0. The second kappa shape index (κ2) is 8.96. The predicted octanol–water partition coefficient (Wildman–Crippen LogP) is 11.1. The van der Waals surface area contributed by atoms with Gasteiger partial charge in [-0.2, -0.15) is 0 Å². The molecule has 0 aliphatic carbocycles. The van der Waals surface area contributed by atoms with Crippen LogP contribution in [0.25, 0.3) is 91.6 Å². The maximum atomic E-state index is 8.07. The molecule has 204 valence electrons. The van der Waals surface area contributed by atoms with Gasteiger partial charge >= 0.3 is 0 Å². The summed E-state index contributed by atoms with van der Waals surface area (Å²) in [5, 5.41) is 10.9. The van der Waals surface area contributed by atoms with Gasteiger partial charge in [0.1, 0.15) is 0 Å². The summed E-state index contributed by atoms with van der Waals surface area (Å²) < 4.78 is 12.9. The molecule has 44 heavy (non-hydrogen) atoms. The molecule has 7 aromatic carbocycles. The molecule has 0 radical (unpaired) electrons. The Hall–Kier alpha value is -5.58. The Morgan fingerprint density at radius 3 is 2.07 bits per heavy atom. The monoisotopic (exact) mass is 578 g/mol. The fraction of sp³-hybridized carbons (Fsp3) is 0. The minimum absolute atomic E-state index is 0.477. The zero-order chi connectivity index (χ0) is 29.6. The lowest BCUT2D eigenvalue weighted by Crippen LogP contribution is -2.03. The normalized spacial score (nSPS) is 12.4. The first-order valence-corrected chi connectivity index (χ1v) is 15.6. The molecule has 0 N–H and O–H groups in total. The van der Waals surface area contributed by atoms with Gasteiger partial charge in [-0.3, -0.25) is 4.57 Å². The van der Waals surface area contributed by atoms with Crippen molar-refractivity contribution in [3.8, 4) is 17.2 Å². The van der Waals surface area contributed by atoms with Crippen LogP contribution in [0, 0.1) is 0 Å². The lowest BCUT2D eigenvalue weighted by atomic mass is 9.97. The summed E-state index contributed by atoms with van der Waals surface area (Å²) in [4.78, 5) is 10.6. The van der Waals surface area contributed by atoms with E-state index in [1.54, 1.807) is 0 Å². The minimum Gasteiger partial charge on any atom is -0.276 e. The van der Waals surface area contributed by atoms with E-state index < -0.39 is 0 Å². The lowest BCUT2D eigenvalue weighted by Gasteiger charge is -2.12. The third-order valence-corrected chi connectivity index (χ3v) is 10.1. The summed E-state index contributed by atoms with van der Waals surface area (Å²) in [5.74, 6) is 0.642.